The summed E-state index contributed by atoms with van der Waals surface area (Å²) < 4.78 is 2.87. The molecule has 140 valence electrons. The first-order valence-corrected chi connectivity index (χ1v) is 9.50. The Balaban J connectivity index is 2.09. The van der Waals surface area contributed by atoms with Gasteiger partial charge in [0.1, 0.15) is 0 Å². The molecule has 0 unspecified atom stereocenters. The molecule has 1 heterocycles. The van der Waals surface area contributed by atoms with E-state index in [1.165, 1.54) is 12.1 Å². The van der Waals surface area contributed by atoms with Crippen LogP contribution >= 0.6 is 27.5 Å². The molecule has 0 amide bonds. The van der Waals surface area contributed by atoms with Gasteiger partial charge in [0.15, 0.2) is 0 Å². The summed E-state index contributed by atoms with van der Waals surface area (Å²) in [5.74, 6) is 0. The topological polar surface area (TPSA) is 71.9 Å². The van der Waals surface area contributed by atoms with Crippen molar-refractivity contribution in [2.75, 3.05) is 0 Å². The molecule has 0 saturated carbocycles. The molecule has 0 bridgehead atoms. The van der Waals surface area contributed by atoms with Gasteiger partial charge < -0.3 is 4.57 Å². The monoisotopic (exact) mass is 455 g/mol. The number of rotatable bonds is 4. The number of non-ortho nitro benzene ring substituents is 1. The summed E-state index contributed by atoms with van der Waals surface area (Å²) in [6.45, 7) is 3.93. The van der Waals surface area contributed by atoms with E-state index in [0.717, 1.165) is 27.1 Å². The molecule has 3 aromatic rings. The molecular formula is C21H15BrClN3O2. The van der Waals surface area contributed by atoms with Crippen molar-refractivity contribution >= 4 is 44.9 Å². The second-order valence-corrected chi connectivity index (χ2v) is 7.50. The van der Waals surface area contributed by atoms with Crippen LogP contribution in [0, 0.1) is 35.3 Å². The summed E-state index contributed by atoms with van der Waals surface area (Å²) in [5, 5.41) is 21.2. The van der Waals surface area contributed by atoms with Crippen molar-refractivity contribution in [3.8, 4) is 11.8 Å². The third kappa shape index (κ3) is 3.86. The van der Waals surface area contributed by atoms with E-state index >= 15 is 0 Å². The molecule has 0 aliphatic heterocycles. The second-order valence-electron chi connectivity index (χ2n) is 6.24. The Bertz CT molecular complexity index is 1160. The molecule has 0 spiro atoms. The van der Waals surface area contributed by atoms with Gasteiger partial charge in [-0.05, 0) is 71.2 Å². The van der Waals surface area contributed by atoms with Crippen molar-refractivity contribution in [3.63, 3.8) is 0 Å². The zero-order valence-electron chi connectivity index (χ0n) is 15.1. The standard InChI is InChI=1S/C21H15BrClN3O2/c1-13-8-16(14(2)25(13)18-6-7-20(22)21(23)11-18)9-17(12-24)15-4-3-5-19(10-15)26(27)28/h3-11H,1-2H3. The fourth-order valence-electron chi connectivity index (χ4n) is 3.08. The summed E-state index contributed by atoms with van der Waals surface area (Å²) in [4.78, 5) is 10.5. The smallest absolute Gasteiger partial charge is 0.270 e. The van der Waals surface area contributed by atoms with Crippen molar-refractivity contribution in [2.45, 2.75) is 13.8 Å². The van der Waals surface area contributed by atoms with Gasteiger partial charge in [0.25, 0.3) is 5.69 Å². The summed E-state index contributed by atoms with van der Waals surface area (Å²) in [7, 11) is 0. The summed E-state index contributed by atoms with van der Waals surface area (Å²) >= 11 is 9.63. The molecule has 5 nitrogen and oxygen atoms in total. The van der Waals surface area contributed by atoms with Crippen LogP contribution in [0.3, 0.4) is 0 Å². The number of hydrogen-bond acceptors (Lipinski definition) is 3. The predicted molar refractivity (Wildman–Crippen MR) is 115 cm³/mol. The Morgan fingerprint density at radius 2 is 2.00 bits per heavy atom. The first-order valence-electron chi connectivity index (χ1n) is 8.33. The highest BCUT2D eigenvalue weighted by molar-refractivity contribution is 9.10. The lowest BCUT2D eigenvalue weighted by Crippen LogP contribution is -1.99. The van der Waals surface area contributed by atoms with Gasteiger partial charge in [-0.2, -0.15) is 5.26 Å². The molecule has 0 aliphatic carbocycles. The Kier molecular flexibility index (Phi) is 5.68. The maximum Gasteiger partial charge on any atom is 0.270 e. The summed E-state index contributed by atoms with van der Waals surface area (Å²) in [5.41, 5.74) is 4.52. The lowest BCUT2D eigenvalue weighted by Gasteiger charge is -2.11. The number of aromatic nitrogens is 1. The van der Waals surface area contributed by atoms with Crippen LogP contribution in [0.5, 0.6) is 0 Å². The molecule has 0 aliphatic rings. The normalized spacial score (nSPS) is 11.3. The number of allylic oxidation sites excluding steroid dienone is 1. The molecule has 28 heavy (non-hydrogen) atoms. The lowest BCUT2D eigenvalue weighted by atomic mass is 10.0. The molecule has 1 aromatic heterocycles. The Morgan fingerprint density at radius 3 is 2.64 bits per heavy atom. The van der Waals surface area contributed by atoms with Crippen LogP contribution in [-0.2, 0) is 0 Å². The van der Waals surface area contributed by atoms with Gasteiger partial charge in [-0.15, -0.1) is 0 Å². The molecule has 0 radical (unpaired) electrons. The van der Waals surface area contributed by atoms with E-state index in [2.05, 4.69) is 22.0 Å². The molecule has 2 aromatic carbocycles. The summed E-state index contributed by atoms with van der Waals surface area (Å²) in [6.07, 6.45) is 1.75. The van der Waals surface area contributed by atoms with Gasteiger partial charge in [-0.3, -0.25) is 10.1 Å². The highest BCUT2D eigenvalue weighted by atomic mass is 79.9. The number of nitriles is 1. The van der Waals surface area contributed by atoms with Crippen molar-refractivity contribution < 1.29 is 4.92 Å². The summed E-state index contributed by atoms with van der Waals surface area (Å²) in [6, 6.07) is 15.9. The Morgan fingerprint density at radius 1 is 1.25 bits per heavy atom. The zero-order valence-corrected chi connectivity index (χ0v) is 17.5. The average Bonchev–Trinajstić information content (AvgIpc) is 2.95. The molecule has 3 rings (SSSR count). The number of benzene rings is 2. The van der Waals surface area contributed by atoms with Crippen LogP contribution in [0.15, 0.2) is 53.0 Å². The molecule has 0 N–H and O–H groups in total. The second kappa shape index (κ2) is 8.01. The van der Waals surface area contributed by atoms with Crippen LogP contribution in [-0.4, -0.2) is 9.49 Å². The number of aryl methyl sites for hydroxylation is 1. The van der Waals surface area contributed by atoms with Gasteiger partial charge in [0.05, 0.1) is 21.6 Å². The Hall–Kier alpha value is -2.88. The number of nitro groups is 1. The number of nitro benzene ring substituents is 1. The van der Waals surface area contributed by atoms with Crippen LogP contribution in [0.25, 0.3) is 17.3 Å². The quantitative estimate of drug-likeness (QED) is 0.256. The molecular weight excluding hydrogens is 442 g/mol. The van der Waals surface area contributed by atoms with E-state index in [0.29, 0.717) is 16.2 Å². The van der Waals surface area contributed by atoms with Gasteiger partial charge in [0, 0.05) is 33.7 Å². The largest absolute Gasteiger partial charge is 0.318 e. The third-order valence-corrected chi connectivity index (χ3v) is 5.65. The molecule has 0 saturated heterocycles. The highest BCUT2D eigenvalue weighted by Gasteiger charge is 2.13. The minimum Gasteiger partial charge on any atom is -0.318 e. The van der Waals surface area contributed by atoms with Crippen LogP contribution < -0.4 is 0 Å². The molecule has 0 fully saturated rings. The zero-order chi connectivity index (χ0) is 20.4. The number of nitrogens with zero attached hydrogens (tertiary/aromatic N) is 3. The minimum absolute atomic E-state index is 0.0476. The SMILES string of the molecule is Cc1cc(C=C(C#N)c2cccc([N+](=O)[O-])c2)c(C)n1-c1ccc(Br)c(Cl)c1. The lowest BCUT2D eigenvalue weighted by molar-refractivity contribution is -0.384. The van der Waals surface area contributed by atoms with Gasteiger partial charge in [0.2, 0.25) is 0 Å². The number of halogens is 2. The van der Waals surface area contributed by atoms with E-state index in [1.54, 1.807) is 18.2 Å². The first-order chi connectivity index (χ1) is 13.3. The van der Waals surface area contributed by atoms with Gasteiger partial charge in [-0.1, -0.05) is 23.7 Å². The average molecular weight is 457 g/mol. The Labute approximate surface area is 175 Å². The van der Waals surface area contributed by atoms with E-state index in [1.807, 2.05) is 42.7 Å². The number of hydrogen-bond donors (Lipinski definition) is 0. The van der Waals surface area contributed by atoms with Gasteiger partial charge >= 0.3 is 0 Å². The van der Waals surface area contributed by atoms with Gasteiger partial charge in [-0.25, -0.2) is 0 Å². The van der Waals surface area contributed by atoms with Crippen LogP contribution in [0.1, 0.15) is 22.5 Å². The van der Waals surface area contributed by atoms with Crippen molar-refractivity contribution in [3.05, 3.63) is 90.7 Å². The minimum atomic E-state index is -0.471. The fraction of sp³-hybridized carbons (Fsp3) is 0.0952. The maximum atomic E-state index is 11.0. The van der Waals surface area contributed by atoms with E-state index in [4.69, 9.17) is 11.6 Å². The van der Waals surface area contributed by atoms with Crippen molar-refractivity contribution in [2.24, 2.45) is 0 Å². The molecule has 7 heteroatoms. The van der Waals surface area contributed by atoms with Crippen molar-refractivity contribution in [1.29, 1.82) is 5.26 Å². The van der Waals surface area contributed by atoms with Crippen molar-refractivity contribution in [1.82, 2.24) is 4.57 Å². The highest BCUT2D eigenvalue weighted by Crippen LogP contribution is 2.30. The third-order valence-electron chi connectivity index (χ3n) is 4.42. The molecule has 0 atom stereocenters. The van der Waals surface area contributed by atoms with E-state index in [-0.39, 0.29) is 5.69 Å². The predicted octanol–water partition coefficient (Wildman–Crippen LogP) is 6.48. The van der Waals surface area contributed by atoms with Crippen LogP contribution in [0.2, 0.25) is 5.02 Å². The first kappa shape index (κ1) is 19.9. The van der Waals surface area contributed by atoms with Crippen LogP contribution in [0.4, 0.5) is 5.69 Å². The van der Waals surface area contributed by atoms with E-state index < -0.39 is 4.92 Å². The maximum absolute atomic E-state index is 11.0. The van der Waals surface area contributed by atoms with E-state index in [9.17, 15) is 15.4 Å². The fourth-order valence-corrected chi connectivity index (χ4v) is 3.50.